The zero-order chi connectivity index (χ0) is 18.6. The second-order valence-electron chi connectivity index (χ2n) is 6.03. The SMILES string of the molecule is CCc1oc(C(=O)N2CCO[C@H](C(F)(F)F)C2)cc1CN(CC)CC. The van der Waals surface area contributed by atoms with Gasteiger partial charge in [0.15, 0.2) is 11.9 Å². The Labute approximate surface area is 145 Å². The number of amides is 1. The van der Waals surface area contributed by atoms with Crippen molar-refractivity contribution in [2.45, 2.75) is 46.0 Å². The van der Waals surface area contributed by atoms with Crippen LogP contribution < -0.4 is 0 Å². The Hall–Kier alpha value is -1.54. The first-order valence-electron chi connectivity index (χ1n) is 8.61. The highest BCUT2D eigenvalue weighted by atomic mass is 19.4. The van der Waals surface area contributed by atoms with Crippen molar-refractivity contribution in [1.29, 1.82) is 0 Å². The molecule has 1 aliphatic heterocycles. The van der Waals surface area contributed by atoms with Crippen molar-refractivity contribution in [3.05, 3.63) is 23.2 Å². The van der Waals surface area contributed by atoms with E-state index in [4.69, 9.17) is 9.15 Å². The minimum atomic E-state index is -4.48. The highest BCUT2D eigenvalue weighted by Crippen LogP contribution is 2.27. The zero-order valence-electron chi connectivity index (χ0n) is 14.9. The summed E-state index contributed by atoms with van der Waals surface area (Å²) in [6.45, 7) is 7.89. The van der Waals surface area contributed by atoms with Crippen LogP contribution in [-0.4, -0.2) is 60.8 Å². The molecule has 1 aromatic rings. The highest BCUT2D eigenvalue weighted by Gasteiger charge is 2.44. The quantitative estimate of drug-likeness (QED) is 0.780. The fraction of sp³-hybridized carbons (Fsp3) is 0.706. The van der Waals surface area contributed by atoms with Crippen LogP contribution >= 0.6 is 0 Å². The van der Waals surface area contributed by atoms with Crippen molar-refractivity contribution in [3.8, 4) is 0 Å². The topological polar surface area (TPSA) is 45.9 Å². The minimum absolute atomic E-state index is 0.0989. The van der Waals surface area contributed by atoms with Crippen molar-refractivity contribution in [1.82, 2.24) is 9.80 Å². The van der Waals surface area contributed by atoms with Crippen LogP contribution in [0.15, 0.2) is 10.5 Å². The standard InChI is InChI=1S/C17H25F3N2O3/c1-4-13-12(10-21(5-2)6-3)9-14(25-13)16(23)22-7-8-24-15(11-22)17(18,19)20/h9,15H,4-8,10-11H2,1-3H3/t15-/m0/s1. The fourth-order valence-electron chi connectivity index (χ4n) is 2.88. The first-order chi connectivity index (χ1) is 11.8. The van der Waals surface area contributed by atoms with Gasteiger partial charge in [-0.05, 0) is 19.2 Å². The second kappa shape index (κ2) is 8.23. The molecule has 0 N–H and O–H groups in total. The number of carbonyl (C=O) groups excluding carboxylic acids is 1. The maximum Gasteiger partial charge on any atom is 0.416 e. The lowest BCUT2D eigenvalue weighted by Gasteiger charge is -2.33. The molecule has 0 saturated carbocycles. The summed E-state index contributed by atoms with van der Waals surface area (Å²) in [7, 11) is 0. The molecular formula is C17H25F3N2O3. The van der Waals surface area contributed by atoms with Gasteiger partial charge < -0.3 is 14.1 Å². The van der Waals surface area contributed by atoms with Gasteiger partial charge in [-0.1, -0.05) is 20.8 Å². The van der Waals surface area contributed by atoms with Gasteiger partial charge >= 0.3 is 6.18 Å². The third kappa shape index (κ3) is 4.76. The van der Waals surface area contributed by atoms with Crippen LogP contribution in [0.1, 0.15) is 42.6 Å². The molecule has 2 rings (SSSR count). The molecule has 8 heteroatoms. The molecule has 1 atom stereocenters. The van der Waals surface area contributed by atoms with E-state index in [9.17, 15) is 18.0 Å². The van der Waals surface area contributed by atoms with Gasteiger partial charge in [0.2, 0.25) is 0 Å². The number of aryl methyl sites for hydroxylation is 1. The number of carbonyl (C=O) groups is 1. The predicted molar refractivity (Wildman–Crippen MR) is 86.4 cm³/mol. The van der Waals surface area contributed by atoms with E-state index in [-0.39, 0.29) is 18.9 Å². The average molecular weight is 362 g/mol. The van der Waals surface area contributed by atoms with Gasteiger partial charge in [-0.25, -0.2) is 0 Å². The molecular weight excluding hydrogens is 337 g/mol. The first kappa shape index (κ1) is 19.8. The van der Waals surface area contributed by atoms with E-state index in [1.807, 2.05) is 20.8 Å². The van der Waals surface area contributed by atoms with E-state index in [0.717, 1.165) is 23.6 Å². The average Bonchev–Trinajstić information content (AvgIpc) is 3.01. The van der Waals surface area contributed by atoms with E-state index in [2.05, 4.69) is 4.90 Å². The highest BCUT2D eigenvalue weighted by molar-refractivity contribution is 5.92. The summed E-state index contributed by atoms with van der Waals surface area (Å²) in [4.78, 5) is 15.9. The molecule has 0 radical (unpaired) electrons. The molecule has 0 aromatic carbocycles. The van der Waals surface area contributed by atoms with E-state index >= 15 is 0 Å². The van der Waals surface area contributed by atoms with Crippen LogP contribution in [0.25, 0.3) is 0 Å². The third-order valence-corrected chi connectivity index (χ3v) is 4.44. The Kier molecular flexibility index (Phi) is 6.51. The molecule has 0 aliphatic carbocycles. The number of nitrogens with zero attached hydrogens (tertiary/aromatic N) is 2. The Morgan fingerprint density at radius 3 is 2.56 bits per heavy atom. The van der Waals surface area contributed by atoms with Gasteiger partial charge in [-0.3, -0.25) is 9.69 Å². The summed E-state index contributed by atoms with van der Waals surface area (Å²) in [6, 6.07) is 1.66. The van der Waals surface area contributed by atoms with E-state index in [1.165, 1.54) is 0 Å². The van der Waals surface area contributed by atoms with Crippen LogP contribution in [0.3, 0.4) is 0 Å². The molecule has 5 nitrogen and oxygen atoms in total. The number of hydrogen-bond donors (Lipinski definition) is 0. The molecule has 0 spiro atoms. The summed E-state index contributed by atoms with van der Waals surface area (Å²) in [5.41, 5.74) is 0.912. The molecule has 0 bridgehead atoms. The largest absolute Gasteiger partial charge is 0.456 e. The second-order valence-corrected chi connectivity index (χ2v) is 6.03. The number of hydrogen-bond acceptors (Lipinski definition) is 4. The van der Waals surface area contributed by atoms with E-state index in [0.29, 0.717) is 18.7 Å². The lowest BCUT2D eigenvalue weighted by molar-refractivity contribution is -0.233. The number of furan rings is 1. The van der Waals surface area contributed by atoms with Crippen molar-refractivity contribution >= 4 is 5.91 Å². The molecule has 1 amide bonds. The lowest BCUT2D eigenvalue weighted by Crippen LogP contribution is -2.51. The number of ether oxygens (including phenoxy) is 1. The third-order valence-electron chi connectivity index (χ3n) is 4.44. The monoisotopic (exact) mass is 362 g/mol. The van der Waals surface area contributed by atoms with Crippen LogP contribution in [0, 0.1) is 0 Å². The Balaban J connectivity index is 2.15. The van der Waals surface area contributed by atoms with Gasteiger partial charge in [0.05, 0.1) is 13.2 Å². The minimum Gasteiger partial charge on any atom is -0.456 e. The fourth-order valence-corrected chi connectivity index (χ4v) is 2.88. The molecule has 1 aliphatic rings. The molecule has 1 fully saturated rings. The summed E-state index contributed by atoms with van der Waals surface area (Å²) in [5.74, 6) is 0.288. The number of halogens is 3. The maximum absolute atomic E-state index is 12.8. The number of rotatable bonds is 6. The normalized spacial score (nSPS) is 18.8. The number of morpholine rings is 1. The smallest absolute Gasteiger partial charge is 0.416 e. The lowest BCUT2D eigenvalue weighted by atomic mass is 10.2. The predicted octanol–water partition coefficient (Wildman–Crippen LogP) is 3.09. The molecule has 142 valence electrons. The molecule has 0 unspecified atom stereocenters. The van der Waals surface area contributed by atoms with Gasteiger partial charge in [-0.15, -0.1) is 0 Å². The van der Waals surface area contributed by atoms with Crippen LogP contribution in [-0.2, 0) is 17.7 Å². The van der Waals surface area contributed by atoms with Gasteiger partial charge in [0.25, 0.3) is 5.91 Å². The summed E-state index contributed by atoms with van der Waals surface area (Å²) < 4.78 is 48.9. The van der Waals surface area contributed by atoms with Crippen LogP contribution in [0.5, 0.6) is 0 Å². The van der Waals surface area contributed by atoms with Gasteiger partial charge in [-0.2, -0.15) is 13.2 Å². The Morgan fingerprint density at radius 1 is 1.32 bits per heavy atom. The van der Waals surface area contributed by atoms with Gasteiger partial charge in [0, 0.05) is 25.1 Å². The van der Waals surface area contributed by atoms with E-state index in [1.54, 1.807) is 6.07 Å². The summed E-state index contributed by atoms with van der Waals surface area (Å²) in [5, 5.41) is 0. The molecule has 1 aromatic heterocycles. The summed E-state index contributed by atoms with van der Waals surface area (Å²) in [6.07, 6.45) is -5.80. The molecule has 2 heterocycles. The van der Waals surface area contributed by atoms with E-state index < -0.39 is 24.7 Å². The van der Waals surface area contributed by atoms with Crippen molar-refractivity contribution < 1.29 is 27.1 Å². The first-order valence-corrected chi connectivity index (χ1v) is 8.61. The zero-order valence-corrected chi connectivity index (χ0v) is 14.9. The number of alkyl halides is 3. The van der Waals surface area contributed by atoms with Crippen molar-refractivity contribution in [3.63, 3.8) is 0 Å². The Morgan fingerprint density at radius 2 is 2.00 bits per heavy atom. The molecule has 1 saturated heterocycles. The molecule has 25 heavy (non-hydrogen) atoms. The Bertz CT molecular complexity index is 582. The van der Waals surface area contributed by atoms with Crippen LogP contribution in [0.4, 0.5) is 13.2 Å². The van der Waals surface area contributed by atoms with Crippen molar-refractivity contribution in [2.24, 2.45) is 0 Å². The van der Waals surface area contributed by atoms with Crippen molar-refractivity contribution in [2.75, 3.05) is 32.8 Å². The van der Waals surface area contributed by atoms with Gasteiger partial charge in [0.1, 0.15) is 5.76 Å². The van der Waals surface area contributed by atoms with Crippen LogP contribution in [0.2, 0.25) is 0 Å². The maximum atomic E-state index is 12.8. The summed E-state index contributed by atoms with van der Waals surface area (Å²) >= 11 is 0.